The van der Waals surface area contributed by atoms with Crippen molar-refractivity contribution in [3.05, 3.63) is 58.4 Å². The van der Waals surface area contributed by atoms with E-state index in [2.05, 4.69) is 5.32 Å². The number of sulfonamides is 1. The number of esters is 1. The van der Waals surface area contributed by atoms with Crippen LogP contribution in [-0.2, 0) is 19.6 Å². The van der Waals surface area contributed by atoms with Gasteiger partial charge in [0.25, 0.3) is 5.91 Å². The molecule has 0 aliphatic carbocycles. The van der Waals surface area contributed by atoms with Crippen molar-refractivity contribution < 1.29 is 27.1 Å². The van der Waals surface area contributed by atoms with E-state index in [1.165, 1.54) is 4.31 Å². The number of nitrogens with one attached hydrogen (secondary N) is 1. The number of anilines is 1. The van der Waals surface area contributed by atoms with Crippen molar-refractivity contribution in [1.29, 1.82) is 0 Å². The standard InChI is InChI=1S/C22H27FN2O5S/c1-6-25(7-2)31(28,29)17-8-9-19(23)18(12-17)22(27)30-13-20(26)24-21-15(4)10-14(3)11-16(21)5/h8-12H,6-7,13H2,1-5H3,(H,24,26). The minimum absolute atomic E-state index is 0.222. The zero-order chi connectivity index (χ0) is 23.3. The number of ether oxygens (including phenoxy) is 1. The van der Waals surface area contributed by atoms with E-state index in [4.69, 9.17) is 4.74 Å². The van der Waals surface area contributed by atoms with Gasteiger partial charge in [0, 0.05) is 18.8 Å². The number of aryl methyl sites for hydroxylation is 3. The van der Waals surface area contributed by atoms with Gasteiger partial charge in [-0.1, -0.05) is 31.5 Å². The molecule has 1 N–H and O–H groups in total. The summed E-state index contributed by atoms with van der Waals surface area (Å²) in [6.45, 7) is 8.81. The number of hydrogen-bond acceptors (Lipinski definition) is 5. The molecule has 0 bridgehead atoms. The maximum Gasteiger partial charge on any atom is 0.341 e. The van der Waals surface area contributed by atoms with Crippen LogP contribution in [0.15, 0.2) is 35.2 Å². The minimum Gasteiger partial charge on any atom is -0.452 e. The van der Waals surface area contributed by atoms with Crippen molar-refractivity contribution >= 4 is 27.6 Å². The summed E-state index contributed by atoms with van der Waals surface area (Å²) in [6.07, 6.45) is 0. The van der Waals surface area contributed by atoms with Crippen LogP contribution in [0.2, 0.25) is 0 Å². The zero-order valence-corrected chi connectivity index (χ0v) is 19.1. The van der Waals surface area contributed by atoms with Gasteiger partial charge in [0.2, 0.25) is 10.0 Å². The maximum absolute atomic E-state index is 14.2. The third-order valence-corrected chi connectivity index (χ3v) is 6.82. The summed E-state index contributed by atoms with van der Waals surface area (Å²) in [5, 5.41) is 2.68. The number of hydrogen-bond donors (Lipinski definition) is 1. The SMILES string of the molecule is CCN(CC)S(=O)(=O)c1ccc(F)c(C(=O)OCC(=O)Nc2c(C)cc(C)cc2C)c1. The first-order chi connectivity index (χ1) is 14.5. The molecule has 0 heterocycles. The maximum atomic E-state index is 14.2. The van der Waals surface area contributed by atoms with Gasteiger partial charge in [0.1, 0.15) is 5.82 Å². The third kappa shape index (κ3) is 5.68. The van der Waals surface area contributed by atoms with E-state index < -0.39 is 39.9 Å². The minimum atomic E-state index is -3.88. The summed E-state index contributed by atoms with van der Waals surface area (Å²) >= 11 is 0. The fourth-order valence-electron chi connectivity index (χ4n) is 3.30. The monoisotopic (exact) mass is 450 g/mol. The first-order valence-corrected chi connectivity index (χ1v) is 11.3. The summed E-state index contributed by atoms with van der Waals surface area (Å²) in [4.78, 5) is 24.3. The molecule has 31 heavy (non-hydrogen) atoms. The first-order valence-electron chi connectivity index (χ1n) is 9.85. The largest absolute Gasteiger partial charge is 0.452 e. The topological polar surface area (TPSA) is 92.8 Å². The Balaban J connectivity index is 2.15. The fourth-order valence-corrected chi connectivity index (χ4v) is 4.78. The van der Waals surface area contributed by atoms with Gasteiger partial charge in [-0.25, -0.2) is 17.6 Å². The smallest absolute Gasteiger partial charge is 0.341 e. The van der Waals surface area contributed by atoms with Gasteiger partial charge < -0.3 is 10.1 Å². The molecule has 0 fully saturated rings. The van der Waals surface area contributed by atoms with Crippen LogP contribution in [0.3, 0.4) is 0 Å². The highest BCUT2D eigenvalue weighted by Gasteiger charge is 2.25. The van der Waals surface area contributed by atoms with E-state index in [-0.39, 0.29) is 18.0 Å². The van der Waals surface area contributed by atoms with Crippen LogP contribution in [-0.4, -0.2) is 44.3 Å². The van der Waals surface area contributed by atoms with Gasteiger partial charge >= 0.3 is 5.97 Å². The zero-order valence-electron chi connectivity index (χ0n) is 18.3. The molecule has 2 aromatic carbocycles. The van der Waals surface area contributed by atoms with Gasteiger partial charge in [-0.2, -0.15) is 4.31 Å². The lowest BCUT2D eigenvalue weighted by Gasteiger charge is -2.18. The second-order valence-corrected chi connectivity index (χ2v) is 9.07. The van der Waals surface area contributed by atoms with Crippen LogP contribution in [0.5, 0.6) is 0 Å². The van der Waals surface area contributed by atoms with Crippen LogP contribution < -0.4 is 5.32 Å². The predicted octanol–water partition coefficient (Wildman–Crippen LogP) is 3.58. The molecule has 0 aliphatic rings. The van der Waals surface area contributed by atoms with Crippen LogP contribution in [0.1, 0.15) is 40.9 Å². The molecule has 0 radical (unpaired) electrons. The number of rotatable bonds is 8. The fraction of sp³-hybridized carbons (Fsp3) is 0.364. The Bertz CT molecular complexity index is 1070. The molecule has 0 aromatic heterocycles. The van der Waals surface area contributed by atoms with Gasteiger partial charge in [-0.15, -0.1) is 0 Å². The molecule has 1 amide bonds. The lowest BCUT2D eigenvalue weighted by Crippen LogP contribution is -2.30. The van der Waals surface area contributed by atoms with Crippen molar-refractivity contribution in [1.82, 2.24) is 4.31 Å². The molecule has 0 aliphatic heterocycles. The van der Waals surface area contributed by atoms with E-state index in [9.17, 15) is 22.4 Å². The molecule has 0 atom stereocenters. The highest BCUT2D eigenvalue weighted by atomic mass is 32.2. The van der Waals surface area contributed by atoms with E-state index in [0.29, 0.717) is 5.69 Å². The van der Waals surface area contributed by atoms with Crippen molar-refractivity contribution in [3.63, 3.8) is 0 Å². The van der Waals surface area contributed by atoms with Crippen molar-refractivity contribution in [3.8, 4) is 0 Å². The lowest BCUT2D eigenvalue weighted by atomic mass is 10.1. The normalized spacial score (nSPS) is 11.5. The van der Waals surface area contributed by atoms with Crippen LogP contribution in [0.4, 0.5) is 10.1 Å². The Labute approximate surface area is 182 Å². The summed E-state index contributed by atoms with van der Waals surface area (Å²) in [5.74, 6) is -2.65. The molecule has 0 unspecified atom stereocenters. The average molecular weight is 451 g/mol. The third-order valence-electron chi connectivity index (χ3n) is 4.78. The number of carbonyl (C=O) groups is 2. The quantitative estimate of drug-likeness (QED) is 0.621. The van der Waals surface area contributed by atoms with Gasteiger partial charge in [0.15, 0.2) is 6.61 Å². The molecular weight excluding hydrogens is 423 g/mol. The molecule has 0 saturated carbocycles. The molecule has 2 aromatic rings. The molecule has 0 spiro atoms. The number of carbonyl (C=O) groups excluding carboxylic acids is 2. The van der Waals surface area contributed by atoms with Crippen LogP contribution in [0.25, 0.3) is 0 Å². The molecule has 7 nitrogen and oxygen atoms in total. The Morgan fingerprint density at radius 3 is 2.16 bits per heavy atom. The molecule has 0 saturated heterocycles. The summed E-state index contributed by atoms with van der Waals surface area (Å²) in [5.41, 5.74) is 2.83. The number of nitrogens with zero attached hydrogens (tertiary/aromatic N) is 1. The van der Waals surface area contributed by atoms with E-state index in [1.54, 1.807) is 13.8 Å². The first kappa shape index (κ1) is 24.5. The van der Waals surface area contributed by atoms with E-state index >= 15 is 0 Å². The predicted molar refractivity (Wildman–Crippen MR) is 116 cm³/mol. The van der Waals surface area contributed by atoms with Crippen molar-refractivity contribution in [2.24, 2.45) is 0 Å². The van der Waals surface area contributed by atoms with Crippen molar-refractivity contribution in [2.45, 2.75) is 39.5 Å². The molecular formula is C22H27FN2O5S. The average Bonchev–Trinajstić information content (AvgIpc) is 2.69. The Morgan fingerprint density at radius 1 is 1.03 bits per heavy atom. The van der Waals surface area contributed by atoms with Gasteiger partial charge in [-0.05, 0) is 50.1 Å². The summed E-state index contributed by atoms with van der Waals surface area (Å²) in [6, 6.07) is 6.73. The Hall–Kier alpha value is -2.78. The molecule has 2 rings (SSSR count). The van der Waals surface area contributed by atoms with Crippen LogP contribution >= 0.6 is 0 Å². The number of benzene rings is 2. The lowest BCUT2D eigenvalue weighted by molar-refractivity contribution is -0.119. The summed E-state index contributed by atoms with van der Waals surface area (Å²) < 4.78 is 45.5. The highest BCUT2D eigenvalue weighted by molar-refractivity contribution is 7.89. The Morgan fingerprint density at radius 2 is 1.61 bits per heavy atom. The van der Waals surface area contributed by atoms with Crippen molar-refractivity contribution in [2.75, 3.05) is 25.0 Å². The number of amides is 1. The van der Waals surface area contributed by atoms with Gasteiger partial charge in [-0.3, -0.25) is 4.79 Å². The van der Waals surface area contributed by atoms with E-state index in [0.717, 1.165) is 34.9 Å². The Kier molecular flexibility index (Phi) is 7.91. The summed E-state index contributed by atoms with van der Waals surface area (Å²) in [7, 11) is -3.88. The highest BCUT2D eigenvalue weighted by Crippen LogP contribution is 2.22. The second kappa shape index (κ2) is 10.0. The number of halogens is 1. The van der Waals surface area contributed by atoms with Gasteiger partial charge in [0.05, 0.1) is 10.5 Å². The molecule has 9 heteroatoms. The molecule has 168 valence electrons. The van der Waals surface area contributed by atoms with E-state index in [1.807, 2.05) is 32.9 Å². The second-order valence-electron chi connectivity index (χ2n) is 7.13. The van der Waals surface area contributed by atoms with Crippen LogP contribution in [0, 0.1) is 26.6 Å².